The average molecular weight is 194 g/mol. The molecule has 0 radical (unpaired) electrons. The molecule has 1 aromatic heterocycles. The summed E-state index contributed by atoms with van der Waals surface area (Å²) >= 11 is 0. The lowest BCUT2D eigenvalue weighted by molar-refractivity contribution is 0.410. The van der Waals surface area contributed by atoms with Gasteiger partial charge >= 0.3 is 0 Å². The fourth-order valence-corrected chi connectivity index (χ4v) is 1.44. The number of ether oxygens (including phenoxy) is 1. The van der Waals surface area contributed by atoms with E-state index < -0.39 is 0 Å². The highest BCUT2D eigenvalue weighted by Crippen LogP contribution is 2.11. The summed E-state index contributed by atoms with van der Waals surface area (Å²) < 4.78 is 5.00. The SMILES string of the molecule is COc1cnc(N2CCNCC2)nc1. The van der Waals surface area contributed by atoms with E-state index in [0.29, 0.717) is 5.75 Å². The van der Waals surface area contributed by atoms with E-state index >= 15 is 0 Å². The quantitative estimate of drug-likeness (QED) is 0.712. The van der Waals surface area contributed by atoms with Gasteiger partial charge in [0.15, 0.2) is 5.75 Å². The molecule has 0 aromatic carbocycles. The molecule has 5 nitrogen and oxygen atoms in total. The van der Waals surface area contributed by atoms with Crippen LogP contribution in [0.5, 0.6) is 5.75 Å². The maximum absolute atomic E-state index is 5.00. The molecule has 1 aliphatic rings. The largest absolute Gasteiger partial charge is 0.494 e. The molecule has 1 aliphatic heterocycles. The zero-order valence-electron chi connectivity index (χ0n) is 8.23. The lowest BCUT2D eigenvalue weighted by Crippen LogP contribution is -2.44. The van der Waals surface area contributed by atoms with Gasteiger partial charge in [0.25, 0.3) is 0 Å². The van der Waals surface area contributed by atoms with Gasteiger partial charge in [0.1, 0.15) is 0 Å². The molecule has 1 aromatic rings. The minimum atomic E-state index is 0.698. The molecule has 0 atom stereocenters. The van der Waals surface area contributed by atoms with Crippen LogP contribution < -0.4 is 15.0 Å². The number of nitrogens with one attached hydrogen (secondary N) is 1. The molecule has 0 saturated carbocycles. The third-order valence-electron chi connectivity index (χ3n) is 2.25. The maximum Gasteiger partial charge on any atom is 0.225 e. The van der Waals surface area contributed by atoms with Gasteiger partial charge in [0.2, 0.25) is 5.95 Å². The first-order valence-corrected chi connectivity index (χ1v) is 4.72. The van der Waals surface area contributed by atoms with Crippen molar-refractivity contribution in [1.82, 2.24) is 15.3 Å². The zero-order valence-corrected chi connectivity index (χ0v) is 8.23. The van der Waals surface area contributed by atoms with Crippen molar-refractivity contribution in [3.8, 4) is 5.75 Å². The minimum absolute atomic E-state index is 0.698. The number of nitrogens with zero attached hydrogens (tertiary/aromatic N) is 3. The van der Waals surface area contributed by atoms with E-state index in [2.05, 4.69) is 20.2 Å². The van der Waals surface area contributed by atoms with Crippen LogP contribution in [0.2, 0.25) is 0 Å². The predicted octanol–water partition coefficient (Wildman–Crippen LogP) is -0.105. The Labute approximate surface area is 83.1 Å². The average Bonchev–Trinajstić information content (AvgIpc) is 2.30. The Bertz CT molecular complexity index is 281. The van der Waals surface area contributed by atoms with Crippen molar-refractivity contribution in [1.29, 1.82) is 0 Å². The monoisotopic (exact) mass is 194 g/mol. The van der Waals surface area contributed by atoms with Crippen LogP contribution in [0.4, 0.5) is 5.95 Å². The van der Waals surface area contributed by atoms with Gasteiger partial charge in [-0.2, -0.15) is 0 Å². The number of anilines is 1. The minimum Gasteiger partial charge on any atom is -0.494 e. The number of aromatic nitrogens is 2. The summed E-state index contributed by atoms with van der Waals surface area (Å²) in [5, 5.41) is 3.29. The van der Waals surface area contributed by atoms with Crippen LogP contribution in [0.15, 0.2) is 12.4 Å². The van der Waals surface area contributed by atoms with Crippen LogP contribution in [-0.2, 0) is 0 Å². The highest BCUT2D eigenvalue weighted by atomic mass is 16.5. The van der Waals surface area contributed by atoms with Crippen molar-refractivity contribution in [2.24, 2.45) is 0 Å². The predicted molar refractivity (Wildman–Crippen MR) is 53.7 cm³/mol. The first-order chi connectivity index (χ1) is 6.90. The van der Waals surface area contributed by atoms with Crippen molar-refractivity contribution in [2.45, 2.75) is 0 Å². The molecule has 0 aliphatic carbocycles. The Morgan fingerprint density at radius 3 is 2.50 bits per heavy atom. The highest BCUT2D eigenvalue weighted by Gasteiger charge is 2.12. The van der Waals surface area contributed by atoms with Crippen LogP contribution in [-0.4, -0.2) is 43.3 Å². The van der Waals surface area contributed by atoms with E-state index in [4.69, 9.17) is 4.74 Å². The van der Waals surface area contributed by atoms with E-state index in [0.717, 1.165) is 32.1 Å². The van der Waals surface area contributed by atoms with Crippen LogP contribution in [0, 0.1) is 0 Å². The molecule has 2 rings (SSSR count). The molecule has 1 N–H and O–H groups in total. The topological polar surface area (TPSA) is 50.3 Å². The van der Waals surface area contributed by atoms with Crippen LogP contribution >= 0.6 is 0 Å². The number of hydrogen-bond donors (Lipinski definition) is 1. The van der Waals surface area contributed by atoms with Gasteiger partial charge in [-0.1, -0.05) is 0 Å². The summed E-state index contributed by atoms with van der Waals surface area (Å²) in [5.41, 5.74) is 0. The van der Waals surface area contributed by atoms with Gasteiger partial charge in [-0.15, -0.1) is 0 Å². The Balaban J connectivity index is 2.07. The lowest BCUT2D eigenvalue weighted by Gasteiger charge is -2.27. The summed E-state index contributed by atoms with van der Waals surface area (Å²) in [7, 11) is 1.61. The van der Waals surface area contributed by atoms with E-state index in [1.54, 1.807) is 19.5 Å². The third-order valence-corrected chi connectivity index (χ3v) is 2.25. The van der Waals surface area contributed by atoms with Crippen LogP contribution in [0.25, 0.3) is 0 Å². The fourth-order valence-electron chi connectivity index (χ4n) is 1.44. The molecular formula is C9H14N4O. The summed E-state index contributed by atoms with van der Waals surface area (Å²) in [4.78, 5) is 10.6. The van der Waals surface area contributed by atoms with Crippen LogP contribution in [0.1, 0.15) is 0 Å². The molecule has 14 heavy (non-hydrogen) atoms. The third kappa shape index (κ3) is 1.93. The summed E-state index contributed by atoms with van der Waals surface area (Å²) in [5.74, 6) is 1.48. The molecule has 5 heteroatoms. The number of methoxy groups -OCH3 is 1. The van der Waals surface area contributed by atoms with Gasteiger partial charge < -0.3 is 15.0 Å². The molecule has 1 saturated heterocycles. The van der Waals surface area contributed by atoms with Gasteiger partial charge in [0.05, 0.1) is 19.5 Å². The lowest BCUT2D eigenvalue weighted by atomic mass is 10.4. The first-order valence-electron chi connectivity index (χ1n) is 4.72. The van der Waals surface area contributed by atoms with Gasteiger partial charge in [-0.25, -0.2) is 9.97 Å². The van der Waals surface area contributed by atoms with E-state index in [-0.39, 0.29) is 0 Å². The van der Waals surface area contributed by atoms with Crippen molar-refractivity contribution in [2.75, 3.05) is 38.2 Å². The number of rotatable bonds is 2. The van der Waals surface area contributed by atoms with Gasteiger partial charge in [-0.05, 0) is 0 Å². The molecule has 76 valence electrons. The molecule has 0 spiro atoms. The van der Waals surface area contributed by atoms with Crippen molar-refractivity contribution < 1.29 is 4.74 Å². The molecule has 2 heterocycles. The standard InChI is InChI=1S/C9H14N4O/c1-14-8-6-11-9(12-7-8)13-4-2-10-3-5-13/h6-7,10H,2-5H2,1H3. The fraction of sp³-hybridized carbons (Fsp3) is 0.556. The van der Waals surface area contributed by atoms with Crippen molar-refractivity contribution in [3.05, 3.63) is 12.4 Å². The van der Waals surface area contributed by atoms with Crippen molar-refractivity contribution in [3.63, 3.8) is 0 Å². The number of hydrogen-bond acceptors (Lipinski definition) is 5. The molecule has 0 amide bonds. The smallest absolute Gasteiger partial charge is 0.225 e. The van der Waals surface area contributed by atoms with Crippen LogP contribution in [0.3, 0.4) is 0 Å². The summed E-state index contributed by atoms with van der Waals surface area (Å²) in [6, 6.07) is 0. The summed E-state index contributed by atoms with van der Waals surface area (Å²) in [6.45, 7) is 3.92. The highest BCUT2D eigenvalue weighted by molar-refractivity contribution is 5.31. The molecule has 0 bridgehead atoms. The Morgan fingerprint density at radius 2 is 1.93 bits per heavy atom. The first kappa shape index (κ1) is 9.21. The van der Waals surface area contributed by atoms with Gasteiger partial charge in [-0.3, -0.25) is 0 Å². The van der Waals surface area contributed by atoms with E-state index in [9.17, 15) is 0 Å². The summed E-state index contributed by atoms with van der Waals surface area (Å²) in [6.07, 6.45) is 3.40. The normalized spacial score (nSPS) is 16.8. The second-order valence-corrected chi connectivity index (χ2v) is 3.16. The van der Waals surface area contributed by atoms with E-state index in [1.807, 2.05) is 0 Å². The second kappa shape index (κ2) is 4.23. The zero-order chi connectivity index (χ0) is 9.80. The second-order valence-electron chi connectivity index (χ2n) is 3.16. The Morgan fingerprint density at radius 1 is 1.29 bits per heavy atom. The molecule has 1 fully saturated rings. The molecular weight excluding hydrogens is 180 g/mol. The van der Waals surface area contributed by atoms with E-state index in [1.165, 1.54) is 0 Å². The maximum atomic E-state index is 5.00. The van der Waals surface area contributed by atoms with Gasteiger partial charge in [0, 0.05) is 26.2 Å². The number of piperazine rings is 1. The van der Waals surface area contributed by atoms with Crippen molar-refractivity contribution >= 4 is 5.95 Å². The Kier molecular flexibility index (Phi) is 2.78. The Hall–Kier alpha value is -1.36. The molecule has 0 unspecified atom stereocenters.